The lowest BCUT2D eigenvalue weighted by molar-refractivity contribution is -0.135. The number of likely N-dealkylation sites (tertiary alicyclic amines) is 2. The molecule has 3 aromatic rings. The standard InChI is InChI=1S/C35H42ClFN4O5/c1-35(45-3)20-40(21-35)24-14-25(19-46-26-10-8-22(18-42)9-11-26)41(16-24)33(43)13-23-12-29(36)31(15-30(23)37)38-34(44)28-17-39(2)32-7-5-4-6-27(28)32/h4-7,12,15,17-18,22,24-26H,8-11,13-14,16,19-21H2,1-3H3,(H,38,44)/t22-,24-,25-,26-/m0/s1. The van der Waals surface area contributed by atoms with Crippen LogP contribution in [0.1, 0.15) is 54.9 Å². The summed E-state index contributed by atoms with van der Waals surface area (Å²) in [5.41, 5.74) is 1.48. The molecule has 2 saturated heterocycles. The summed E-state index contributed by atoms with van der Waals surface area (Å²) in [7, 11) is 3.58. The molecule has 3 fully saturated rings. The number of aryl methyl sites for hydroxylation is 1. The second-order valence-electron chi connectivity index (χ2n) is 13.4. The molecule has 0 unspecified atom stereocenters. The zero-order chi connectivity index (χ0) is 32.6. The number of nitrogens with zero attached hydrogens (tertiary/aromatic N) is 3. The van der Waals surface area contributed by atoms with Crippen LogP contribution in [0.15, 0.2) is 42.6 Å². The van der Waals surface area contributed by atoms with Gasteiger partial charge in [0.05, 0.1) is 47.0 Å². The number of benzene rings is 2. The number of carbonyl (C=O) groups excluding carboxylic acids is 3. The Labute approximate surface area is 273 Å². The largest absolute Gasteiger partial charge is 0.376 e. The number of aldehydes is 1. The Morgan fingerprint density at radius 3 is 2.61 bits per heavy atom. The number of halogens is 2. The number of hydrogen-bond donors (Lipinski definition) is 1. The van der Waals surface area contributed by atoms with Crippen LogP contribution in [-0.4, -0.2) is 89.6 Å². The van der Waals surface area contributed by atoms with E-state index in [0.717, 1.165) is 62.4 Å². The molecule has 1 aromatic heterocycles. The van der Waals surface area contributed by atoms with Crippen molar-refractivity contribution >= 4 is 46.3 Å². The van der Waals surface area contributed by atoms with Gasteiger partial charge in [-0.2, -0.15) is 0 Å². The van der Waals surface area contributed by atoms with E-state index in [1.165, 1.54) is 12.1 Å². The molecule has 9 nitrogen and oxygen atoms in total. The molecule has 0 bridgehead atoms. The number of rotatable bonds is 10. The number of nitrogens with one attached hydrogen (secondary N) is 1. The van der Waals surface area contributed by atoms with Crippen molar-refractivity contribution in [2.45, 2.75) is 69.2 Å². The Morgan fingerprint density at radius 1 is 1.15 bits per heavy atom. The van der Waals surface area contributed by atoms with Gasteiger partial charge in [-0.1, -0.05) is 29.8 Å². The van der Waals surface area contributed by atoms with Crippen molar-refractivity contribution in [1.82, 2.24) is 14.4 Å². The second-order valence-corrected chi connectivity index (χ2v) is 13.8. The Bertz CT molecular complexity index is 1610. The maximum absolute atomic E-state index is 15.5. The van der Waals surface area contributed by atoms with Crippen molar-refractivity contribution < 1.29 is 28.2 Å². The monoisotopic (exact) mass is 652 g/mol. The van der Waals surface area contributed by atoms with Gasteiger partial charge >= 0.3 is 0 Å². The molecule has 3 heterocycles. The minimum absolute atomic E-state index is 0.0703. The first-order valence-corrected chi connectivity index (χ1v) is 16.4. The van der Waals surface area contributed by atoms with Crippen LogP contribution in [0.5, 0.6) is 0 Å². The number of methoxy groups -OCH3 is 1. The first-order valence-electron chi connectivity index (χ1n) is 16.1. The van der Waals surface area contributed by atoms with Crippen molar-refractivity contribution in [3.8, 4) is 0 Å². The molecule has 0 radical (unpaired) electrons. The Balaban J connectivity index is 1.13. The quantitative estimate of drug-likeness (QED) is 0.302. The number of aromatic nitrogens is 1. The second kappa shape index (κ2) is 13.4. The number of amides is 2. The van der Waals surface area contributed by atoms with Gasteiger partial charge in [0.2, 0.25) is 5.91 Å². The summed E-state index contributed by atoms with van der Waals surface area (Å²) in [6.45, 7) is 4.58. The van der Waals surface area contributed by atoms with Crippen molar-refractivity contribution in [2.75, 3.05) is 38.7 Å². The number of hydrogen-bond acceptors (Lipinski definition) is 6. The maximum atomic E-state index is 15.5. The van der Waals surface area contributed by atoms with E-state index in [9.17, 15) is 14.4 Å². The Kier molecular flexibility index (Phi) is 9.53. The van der Waals surface area contributed by atoms with Crippen LogP contribution in [0.25, 0.3) is 10.9 Å². The molecule has 1 aliphatic carbocycles. The van der Waals surface area contributed by atoms with Crippen LogP contribution < -0.4 is 5.32 Å². The number of fused-ring (bicyclic) bond motifs is 1. The predicted octanol–water partition coefficient (Wildman–Crippen LogP) is 5.23. The maximum Gasteiger partial charge on any atom is 0.257 e. The van der Waals surface area contributed by atoms with Crippen LogP contribution in [0.4, 0.5) is 10.1 Å². The van der Waals surface area contributed by atoms with Crippen LogP contribution in [0.3, 0.4) is 0 Å². The van der Waals surface area contributed by atoms with E-state index in [4.69, 9.17) is 21.1 Å². The predicted molar refractivity (Wildman–Crippen MR) is 175 cm³/mol. The smallest absolute Gasteiger partial charge is 0.257 e. The van der Waals surface area contributed by atoms with Crippen LogP contribution in [0, 0.1) is 11.7 Å². The van der Waals surface area contributed by atoms with E-state index in [2.05, 4.69) is 17.1 Å². The van der Waals surface area contributed by atoms with E-state index < -0.39 is 11.7 Å². The van der Waals surface area contributed by atoms with E-state index in [1.807, 2.05) is 40.8 Å². The normalized spacial score (nSPS) is 24.6. The van der Waals surface area contributed by atoms with E-state index in [1.54, 1.807) is 13.3 Å². The number of carbonyl (C=O) groups is 3. The van der Waals surface area contributed by atoms with Gasteiger partial charge in [-0.25, -0.2) is 4.39 Å². The molecule has 1 N–H and O–H groups in total. The molecule has 0 spiro atoms. The Hall–Kier alpha value is -3.31. The van der Waals surface area contributed by atoms with Crippen molar-refractivity contribution in [1.29, 1.82) is 0 Å². The molecule has 2 aromatic carbocycles. The lowest BCUT2D eigenvalue weighted by Crippen LogP contribution is -2.64. The summed E-state index contributed by atoms with van der Waals surface area (Å²) in [4.78, 5) is 42.2. The SMILES string of the molecule is COC1(C)CN([C@H]2C[C@@H](CO[C@H]3CC[C@H](C=O)CC3)N(C(=O)Cc3cc(Cl)c(NC(=O)c4cn(C)c5ccccc45)cc3F)C2)C1. The summed E-state index contributed by atoms with van der Waals surface area (Å²) in [5, 5.41) is 3.68. The number of para-hydroxylation sites is 1. The fourth-order valence-corrected chi connectivity index (χ4v) is 7.49. The minimum Gasteiger partial charge on any atom is -0.376 e. The average molecular weight is 653 g/mol. The highest BCUT2D eigenvalue weighted by Crippen LogP contribution is 2.34. The zero-order valence-corrected chi connectivity index (χ0v) is 27.4. The van der Waals surface area contributed by atoms with Crippen molar-refractivity contribution in [3.05, 3.63) is 64.6 Å². The highest BCUT2D eigenvalue weighted by Gasteiger charge is 2.47. The molecule has 46 heavy (non-hydrogen) atoms. The minimum atomic E-state index is -0.611. The molecule has 1 saturated carbocycles. The average Bonchev–Trinajstić information content (AvgIpc) is 3.62. The van der Waals surface area contributed by atoms with Gasteiger partial charge in [-0.3, -0.25) is 14.5 Å². The van der Waals surface area contributed by atoms with Gasteiger partial charge < -0.3 is 29.1 Å². The molecule has 6 rings (SSSR count). The summed E-state index contributed by atoms with van der Waals surface area (Å²) in [6.07, 6.45) is 6.75. The van der Waals surface area contributed by atoms with E-state index in [0.29, 0.717) is 18.7 Å². The third kappa shape index (κ3) is 6.72. The molecular weight excluding hydrogens is 611 g/mol. The lowest BCUT2D eigenvalue weighted by Gasteiger charge is -2.49. The molecular formula is C35H42ClFN4O5. The highest BCUT2D eigenvalue weighted by molar-refractivity contribution is 6.34. The number of ether oxygens (including phenoxy) is 2. The third-order valence-electron chi connectivity index (χ3n) is 10.1. The van der Waals surface area contributed by atoms with Gasteiger partial charge in [-0.15, -0.1) is 0 Å². The van der Waals surface area contributed by atoms with Crippen LogP contribution >= 0.6 is 11.6 Å². The van der Waals surface area contributed by atoms with E-state index >= 15 is 4.39 Å². The highest BCUT2D eigenvalue weighted by atomic mass is 35.5. The van der Waals surface area contributed by atoms with Crippen molar-refractivity contribution in [2.24, 2.45) is 13.0 Å². The summed E-state index contributed by atoms with van der Waals surface area (Å²) < 4.78 is 29.3. The van der Waals surface area contributed by atoms with E-state index in [-0.39, 0.29) is 58.3 Å². The van der Waals surface area contributed by atoms with Gasteiger partial charge in [-0.05, 0) is 62.8 Å². The summed E-state index contributed by atoms with van der Waals surface area (Å²) in [6, 6.07) is 10.2. The lowest BCUT2D eigenvalue weighted by atomic mass is 9.88. The van der Waals surface area contributed by atoms with Crippen molar-refractivity contribution in [3.63, 3.8) is 0 Å². The van der Waals surface area contributed by atoms with Gasteiger partial charge in [0.25, 0.3) is 5.91 Å². The first-order chi connectivity index (χ1) is 22.1. The molecule has 3 aliphatic rings. The molecule has 2 aliphatic heterocycles. The topological polar surface area (TPSA) is 93.1 Å². The number of anilines is 1. The Morgan fingerprint density at radius 2 is 1.89 bits per heavy atom. The summed E-state index contributed by atoms with van der Waals surface area (Å²) in [5.74, 6) is -1.10. The fourth-order valence-electron chi connectivity index (χ4n) is 7.25. The molecule has 2 amide bonds. The van der Waals surface area contributed by atoms with Crippen LogP contribution in [0.2, 0.25) is 5.02 Å². The fraction of sp³-hybridized carbons (Fsp3) is 0.514. The van der Waals surface area contributed by atoms with Crippen LogP contribution in [-0.2, 0) is 32.5 Å². The third-order valence-corrected chi connectivity index (χ3v) is 10.4. The molecule has 246 valence electrons. The molecule has 11 heteroatoms. The summed E-state index contributed by atoms with van der Waals surface area (Å²) >= 11 is 6.54. The zero-order valence-electron chi connectivity index (χ0n) is 26.6. The molecule has 2 atom stereocenters. The van der Waals surface area contributed by atoms with Gasteiger partial charge in [0.15, 0.2) is 0 Å². The van der Waals surface area contributed by atoms with Gasteiger partial charge in [0, 0.05) is 62.9 Å². The van der Waals surface area contributed by atoms with Gasteiger partial charge in [0.1, 0.15) is 12.1 Å². The first kappa shape index (κ1) is 32.6.